The number of hydrogen-bond acceptors (Lipinski definition) is 5. The second kappa shape index (κ2) is 9.74. The summed E-state index contributed by atoms with van der Waals surface area (Å²) in [7, 11) is 0. The normalized spacial score (nSPS) is 20.0. The van der Waals surface area contributed by atoms with Crippen molar-refractivity contribution in [1.82, 2.24) is 9.80 Å². The van der Waals surface area contributed by atoms with Crippen LogP contribution >= 0.6 is 11.3 Å². The number of carbonyl (C=O) groups is 1. The van der Waals surface area contributed by atoms with Gasteiger partial charge in [-0.15, -0.1) is 11.3 Å². The van der Waals surface area contributed by atoms with Gasteiger partial charge in [-0.3, -0.25) is 9.69 Å². The van der Waals surface area contributed by atoms with E-state index in [4.69, 9.17) is 4.74 Å². The van der Waals surface area contributed by atoms with E-state index in [0.717, 1.165) is 50.2 Å². The van der Waals surface area contributed by atoms with E-state index in [9.17, 15) is 9.90 Å². The van der Waals surface area contributed by atoms with Gasteiger partial charge in [0.15, 0.2) is 0 Å². The number of piperidine rings is 1. The minimum absolute atomic E-state index is 0.196. The number of aliphatic hydroxyl groups excluding tert-OH is 1. The van der Waals surface area contributed by atoms with Gasteiger partial charge in [-0.2, -0.15) is 0 Å². The molecule has 1 fully saturated rings. The molecule has 4 rings (SSSR count). The number of rotatable bonds is 6. The molecule has 3 heterocycles. The Morgan fingerprint density at radius 2 is 2.21 bits per heavy atom. The van der Waals surface area contributed by atoms with Crippen LogP contribution < -0.4 is 4.74 Å². The van der Waals surface area contributed by atoms with Gasteiger partial charge in [0.2, 0.25) is 5.91 Å². The zero-order valence-corrected chi connectivity index (χ0v) is 17.7. The van der Waals surface area contributed by atoms with Crippen molar-refractivity contribution in [1.29, 1.82) is 0 Å². The van der Waals surface area contributed by atoms with Crippen LogP contribution in [0.4, 0.5) is 0 Å². The quantitative estimate of drug-likeness (QED) is 0.788. The van der Waals surface area contributed by atoms with Gasteiger partial charge in [-0.05, 0) is 60.9 Å². The summed E-state index contributed by atoms with van der Waals surface area (Å²) >= 11 is 1.71. The summed E-state index contributed by atoms with van der Waals surface area (Å²) in [4.78, 5) is 18.4. The fraction of sp³-hybridized carbons (Fsp3) is 0.522. The summed E-state index contributed by atoms with van der Waals surface area (Å²) < 4.78 is 5.92. The number of likely N-dealkylation sites (tertiary alicyclic amines) is 1. The number of ether oxygens (including phenoxy) is 1. The average molecular weight is 415 g/mol. The van der Waals surface area contributed by atoms with Crippen molar-refractivity contribution in [2.24, 2.45) is 5.92 Å². The first kappa shape index (κ1) is 20.4. The molecule has 2 aliphatic heterocycles. The molecule has 1 aromatic heterocycles. The third-order valence-electron chi connectivity index (χ3n) is 5.89. The van der Waals surface area contributed by atoms with Gasteiger partial charge >= 0.3 is 0 Å². The molecule has 1 N–H and O–H groups in total. The van der Waals surface area contributed by atoms with Crippen LogP contribution in [0.3, 0.4) is 0 Å². The van der Waals surface area contributed by atoms with Gasteiger partial charge in [-0.25, -0.2) is 0 Å². The second-order valence-electron chi connectivity index (χ2n) is 8.11. The number of hydrogen-bond donors (Lipinski definition) is 1. The van der Waals surface area contributed by atoms with E-state index in [1.165, 1.54) is 10.4 Å². The Morgan fingerprint density at radius 1 is 1.28 bits per heavy atom. The smallest absolute Gasteiger partial charge is 0.223 e. The fourth-order valence-electron chi connectivity index (χ4n) is 4.30. The summed E-state index contributed by atoms with van der Waals surface area (Å²) in [6, 6.07) is 10.5. The summed E-state index contributed by atoms with van der Waals surface area (Å²) in [6.45, 7) is 4.99. The number of benzene rings is 1. The highest BCUT2D eigenvalue weighted by Gasteiger charge is 2.22. The van der Waals surface area contributed by atoms with Crippen molar-refractivity contribution >= 4 is 17.2 Å². The number of amides is 1. The number of aryl methyl sites for hydroxylation is 1. The molecule has 1 unspecified atom stereocenters. The lowest BCUT2D eigenvalue weighted by Gasteiger charge is -2.32. The standard InChI is InChI=1S/C23H30N2O3S/c26-17-19-3-1-9-24(15-19)14-18-5-7-22-20(13-18)16-25(10-11-28-22)23(27)8-6-21-4-2-12-29-21/h2,4-5,7,12-13,19,26H,1,3,6,8-11,14-17H2. The van der Waals surface area contributed by atoms with E-state index >= 15 is 0 Å². The van der Waals surface area contributed by atoms with Gasteiger partial charge in [0.25, 0.3) is 0 Å². The Labute approximate surface area is 176 Å². The van der Waals surface area contributed by atoms with Gasteiger partial charge in [0.05, 0.1) is 6.54 Å². The van der Waals surface area contributed by atoms with Crippen LogP contribution in [0.1, 0.15) is 35.3 Å². The minimum Gasteiger partial charge on any atom is -0.491 e. The van der Waals surface area contributed by atoms with Gasteiger partial charge in [0, 0.05) is 43.1 Å². The Morgan fingerprint density at radius 3 is 3.03 bits per heavy atom. The van der Waals surface area contributed by atoms with Crippen LogP contribution in [0.25, 0.3) is 0 Å². The maximum Gasteiger partial charge on any atom is 0.223 e. The lowest BCUT2D eigenvalue weighted by molar-refractivity contribution is -0.131. The summed E-state index contributed by atoms with van der Waals surface area (Å²) in [5.74, 6) is 1.49. The van der Waals surface area contributed by atoms with E-state index < -0.39 is 0 Å². The van der Waals surface area contributed by atoms with E-state index in [2.05, 4.69) is 34.5 Å². The Bertz CT molecular complexity index is 808. The predicted octanol–water partition coefficient (Wildman–Crippen LogP) is 3.31. The zero-order chi connectivity index (χ0) is 20.1. The Balaban J connectivity index is 1.39. The first-order valence-corrected chi connectivity index (χ1v) is 11.5. The average Bonchev–Trinajstić information content (AvgIpc) is 3.17. The molecule has 6 heteroatoms. The highest BCUT2D eigenvalue weighted by atomic mass is 32.1. The van der Waals surface area contributed by atoms with Crippen LogP contribution in [0.15, 0.2) is 35.7 Å². The van der Waals surface area contributed by atoms with Crippen molar-refractivity contribution < 1.29 is 14.6 Å². The largest absolute Gasteiger partial charge is 0.491 e. The maximum atomic E-state index is 12.8. The SMILES string of the molecule is O=C(CCc1cccs1)N1CCOc2ccc(CN3CCCC(CO)C3)cc2C1. The Kier molecular flexibility index (Phi) is 6.85. The number of carbonyl (C=O) groups excluding carboxylic acids is 1. The van der Waals surface area contributed by atoms with Crippen LogP contribution in [-0.2, 0) is 24.3 Å². The van der Waals surface area contributed by atoms with Crippen molar-refractivity contribution in [2.75, 3.05) is 32.8 Å². The molecule has 1 aromatic carbocycles. The predicted molar refractivity (Wildman–Crippen MR) is 115 cm³/mol. The molecule has 29 heavy (non-hydrogen) atoms. The zero-order valence-electron chi connectivity index (χ0n) is 16.9. The molecule has 0 radical (unpaired) electrons. The van der Waals surface area contributed by atoms with E-state index in [1.807, 2.05) is 11.0 Å². The first-order chi connectivity index (χ1) is 14.2. The van der Waals surface area contributed by atoms with Crippen LogP contribution in [0.2, 0.25) is 0 Å². The monoisotopic (exact) mass is 414 g/mol. The number of nitrogens with zero attached hydrogens (tertiary/aromatic N) is 2. The molecule has 1 atom stereocenters. The topological polar surface area (TPSA) is 53.0 Å². The third-order valence-corrected chi connectivity index (χ3v) is 6.83. The second-order valence-corrected chi connectivity index (χ2v) is 9.14. The molecule has 0 saturated carbocycles. The molecule has 5 nitrogen and oxygen atoms in total. The molecular weight excluding hydrogens is 384 g/mol. The van der Waals surface area contributed by atoms with E-state index in [0.29, 0.717) is 32.0 Å². The number of fused-ring (bicyclic) bond motifs is 1. The Hall–Kier alpha value is -1.89. The lowest BCUT2D eigenvalue weighted by Crippen LogP contribution is -2.36. The van der Waals surface area contributed by atoms with Crippen LogP contribution in [0, 0.1) is 5.92 Å². The molecule has 1 amide bonds. The molecular formula is C23H30N2O3S. The molecule has 2 aromatic rings. The van der Waals surface area contributed by atoms with Crippen molar-refractivity contribution in [2.45, 2.75) is 38.8 Å². The highest BCUT2D eigenvalue weighted by molar-refractivity contribution is 7.09. The van der Waals surface area contributed by atoms with Crippen LogP contribution in [0.5, 0.6) is 5.75 Å². The molecule has 156 valence electrons. The molecule has 0 aliphatic carbocycles. The number of aliphatic hydroxyl groups is 1. The van der Waals surface area contributed by atoms with Gasteiger partial charge < -0.3 is 14.7 Å². The minimum atomic E-state index is 0.196. The van der Waals surface area contributed by atoms with E-state index in [1.54, 1.807) is 11.3 Å². The van der Waals surface area contributed by atoms with E-state index in [-0.39, 0.29) is 12.5 Å². The van der Waals surface area contributed by atoms with Crippen molar-refractivity contribution in [3.05, 3.63) is 51.7 Å². The van der Waals surface area contributed by atoms with Gasteiger partial charge in [-0.1, -0.05) is 12.1 Å². The maximum absolute atomic E-state index is 12.8. The lowest BCUT2D eigenvalue weighted by atomic mass is 9.98. The summed E-state index contributed by atoms with van der Waals surface area (Å²) in [6.07, 6.45) is 3.62. The van der Waals surface area contributed by atoms with Crippen molar-refractivity contribution in [3.63, 3.8) is 0 Å². The fourth-order valence-corrected chi connectivity index (χ4v) is 5.01. The van der Waals surface area contributed by atoms with Crippen LogP contribution in [-0.4, -0.2) is 53.7 Å². The van der Waals surface area contributed by atoms with Crippen molar-refractivity contribution in [3.8, 4) is 5.75 Å². The molecule has 0 spiro atoms. The number of thiophene rings is 1. The molecule has 0 bridgehead atoms. The summed E-state index contributed by atoms with van der Waals surface area (Å²) in [5, 5.41) is 11.5. The highest BCUT2D eigenvalue weighted by Crippen LogP contribution is 2.26. The third kappa shape index (κ3) is 5.38. The first-order valence-electron chi connectivity index (χ1n) is 10.6. The molecule has 2 aliphatic rings. The van der Waals surface area contributed by atoms with Gasteiger partial charge in [0.1, 0.15) is 12.4 Å². The summed E-state index contributed by atoms with van der Waals surface area (Å²) in [5.41, 5.74) is 2.35. The molecule has 1 saturated heterocycles.